The van der Waals surface area contributed by atoms with Gasteiger partial charge in [-0.15, -0.1) is 0 Å². The van der Waals surface area contributed by atoms with Crippen LogP contribution in [0.15, 0.2) is 11.6 Å². The molecule has 22 nitrogen and oxygen atoms in total. The van der Waals surface area contributed by atoms with Crippen LogP contribution < -0.4 is 0 Å². The van der Waals surface area contributed by atoms with Gasteiger partial charge in [-0.2, -0.15) is 0 Å². The van der Waals surface area contributed by atoms with Gasteiger partial charge < -0.3 is 87.1 Å². The number of esters is 4. The average molecular weight is 1110 g/mol. The van der Waals surface area contributed by atoms with Crippen LogP contribution in [0.2, 0.25) is 0 Å². The number of rotatable bonds is 15. The minimum Gasteiger partial charge on any atom is -0.456 e. The number of allylic oxidation sites excluding steroid dienone is 1. The summed E-state index contributed by atoms with van der Waals surface area (Å²) in [6.07, 6.45) is -18.9. The number of hydrogen-bond acceptors (Lipinski definition) is 22. The molecule has 0 amide bonds. The molecule has 0 radical (unpaired) electrons. The lowest BCUT2D eigenvalue weighted by Crippen LogP contribution is -2.68. The second kappa shape index (κ2) is 31.3. The molecule has 5 heterocycles. The Kier molecular flexibility index (Phi) is 26.4. The van der Waals surface area contributed by atoms with Crippen molar-refractivity contribution in [3.63, 3.8) is 0 Å². The molecular weight excluding hydrogens is 1010 g/mol. The molecule has 2 bridgehead atoms. The van der Waals surface area contributed by atoms with Crippen LogP contribution in [0.3, 0.4) is 0 Å². The van der Waals surface area contributed by atoms with E-state index in [0.717, 1.165) is 51.4 Å². The van der Waals surface area contributed by atoms with E-state index in [1.54, 1.807) is 41.5 Å². The maximum atomic E-state index is 14.1. The van der Waals surface area contributed by atoms with Crippen LogP contribution in [-0.2, 0) is 80.8 Å². The first kappa shape index (κ1) is 64.9. The topological polar surface area (TPSA) is 289 Å². The Hall–Kier alpha value is -2.94. The number of aliphatic hydroxyl groups is 5. The molecule has 444 valence electrons. The number of hydrogen-bond donors (Lipinski definition) is 5. The van der Waals surface area contributed by atoms with Gasteiger partial charge in [0.25, 0.3) is 0 Å². The third-order valence-corrected chi connectivity index (χ3v) is 15.2. The predicted octanol–water partition coefficient (Wildman–Crippen LogP) is 4.36. The van der Waals surface area contributed by atoms with E-state index in [1.807, 2.05) is 0 Å². The molecule has 5 rings (SSSR count). The van der Waals surface area contributed by atoms with Crippen molar-refractivity contribution in [1.82, 2.24) is 0 Å². The molecule has 5 aliphatic rings. The van der Waals surface area contributed by atoms with E-state index in [1.165, 1.54) is 34.0 Å². The standard InChI is InChI=1S/C55H92O22/c1-12-15-21-24-34-25-22-19-17-16-18-20-23-26-36(56)71-47-43(75-52-40(60)39(59)42(32(9)67-52)72-50(63)29(6)13-2)33(10)68-55(48(47)74-51(64)30(7)14-3)77-46-41(61)44(73-49(62)28(4)5)35(27-65-11)70-54(46)76-45-38(58)37(57)31(8)66-53(45)69-34/h13,28,30-35,37-48,52-55,57-61H,12,14-27H2,1-11H3/b29-13+/t30?,31-,32-,33+,34+,35-,37-,38+,39-,40-,41+,42-,43+,44-,45-,46-,47-,48-,52+,53+,54+,55+/m1/s1. The molecule has 1 unspecified atom stereocenters. The van der Waals surface area contributed by atoms with Crippen LogP contribution in [0.25, 0.3) is 0 Å². The number of aliphatic hydroxyl groups excluding tert-OH is 5. The summed E-state index contributed by atoms with van der Waals surface area (Å²) in [7, 11) is 1.38. The number of methoxy groups -OCH3 is 1. The molecule has 5 fully saturated rings. The summed E-state index contributed by atoms with van der Waals surface area (Å²) in [5.41, 5.74) is 0.260. The minimum atomic E-state index is -1.85. The molecule has 0 spiro atoms. The monoisotopic (exact) mass is 1100 g/mol. The highest BCUT2D eigenvalue weighted by molar-refractivity contribution is 5.87. The quantitative estimate of drug-likeness (QED) is 0.0659. The van der Waals surface area contributed by atoms with Gasteiger partial charge in [0, 0.05) is 19.1 Å². The lowest BCUT2D eigenvalue weighted by molar-refractivity contribution is -0.399. The third-order valence-electron chi connectivity index (χ3n) is 15.2. The van der Waals surface area contributed by atoms with E-state index in [4.69, 9.17) is 61.6 Å². The Morgan fingerprint density at radius 1 is 0.636 bits per heavy atom. The van der Waals surface area contributed by atoms with Crippen molar-refractivity contribution in [3.05, 3.63) is 11.6 Å². The van der Waals surface area contributed by atoms with Gasteiger partial charge in [-0.3, -0.25) is 14.4 Å². The highest BCUT2D eigenvalue weighted by Gasteiger charge is 2.58. The van der Waals surface area contributed by atoms with Crippen LogP contribution in [0.1, 0.15) is 159 Å². The molecule has 5 saturated heterocycles. The smallest absolute Gasteiger partial charge is 0.333 e. The fourth-order valence-corrected chi connectivity index (χ4v) is 9.97. The summed E-state index contributed by atoms with van der Waals surface area (Å²) in [6, 6.07) is 0. The number of fused-ring (bicyclic) bond motifs is 4. The van der Waals surface area contributed by atoms with Gasteiger partial charge >= 0.3 is 23.9 Å². The zero-order chi connectivity index (χ0) is 56.7. The van der Waals surface area contributed by atoms with Crippen molar-refractivity contribution < 1.29 is 106 Å². The summed E-state index contributed by atoms with van der Waals surface area (Å²) in [4.78, 5) is 54.3. The van der Waals surface area contributed by atoms with Crippen molar-refractivity contribution in [2.45, 2.75) is 288 Å². The van der Waals surface area contributed by atoms with E-state index in [9.17, 15) is 44.7 Å². The first-order chi connectivity index (χ1) is 36.6. The van der Waals surface area contributed by atoms with E-state index in [2.05, 4.69) is 6.92 Å². The largest absolute Gasteiger partial charge is 0.456 e. The van der Waals surface area contributed by atoms with Gasteiger partial charge in [0.1, 0.15) is 54.9 Å². The fraction of sp³-hybridized carbons (Fsp3) is 0.891. The number of ether oxygens (including phenoxy) is 13. The minimum absolute atomic E-state index is 0.0456. The van der Waals surface area contributed by atoms with Crippen LogP contribution in [0.4, 0.5) is 0 Å². The van der Waals surface area contributed by atoms with E-state index in [-0.39, 0.29) is 24.7 Å². The van der Waals surface area contributed by atoms with Crippen molar-refractivity contribution >= 4 is 23.9 Å². The molecule has 0 saturated carbocycles. The molecule has 5 aliphatic heterocycles. The third kappa shape index (κ3) is 17.5. The molecule has 77 heavy (non-hydrogen) atoms. The van der Waals surface area contributed by atoms with Gasteiger partial charge in [0.15, 0.2) is 49.6 Å². The van der Waals surface area contributed by atoms with Gasteiger partial charge in [-0.05, 0) is 60.3 Å². The Bertz CT molecular complexity index is 1850. The first-order valence-electron chi connectivity index (χ1n) is 28.2. The van der Waals surface area contributed by atoms with E-state index >= 15 is 0 Å². The Balaban J connectivity index is 1.62. The summed E-state index contributed by atoms with van der Waals surface area (Å²) < 4.78 is 81.3. The highest BCUT2D eigenvalue weighted by atomic mass is 16.8. The number of carbonyl (C=O) groups is 4. The maximum absolute atomic E-state index is 14.1. The molecule has 0 aliphatic carbocycles. The van der Waals surface area contributed by atoms with Crippen LogP contribution in [0.5, 0.6) is 0 Å². The van der Waals surface area contributed by atoms with Crippen molar-refractivity contribution in [3.8, 4) is 0 Å². The van der Waals surface area contributed by atoms with Crippen LogP contribution in [-0.4, -0.2) is 192 Å². The van der Waals surface area contributed by atoms with Gasteiger partial charge in [-0.25, -0.2) is 4.79 Å². The first-order valence-corrected chi connectivity index (χ1v) is 28.2. The summed E-state index contributed by atoms with van der Waals surface area (Å²) in [6.45, 7) is 16.3. The molecule has 22 heteroatoms. The van der Waals surface area contributed by atoms with Gasteiger partial charge in [-0.1, -0.05) is 98.5 Å². The highest BCUT2D eigenvalue weighted by Crippen LogP contribution is 2.39. The van der Waals surface area contributed by atoms with E-state index < -0.39 is 159 Å². The van der Waals surface area contributed by atoms with Gasteiger partial charge in [0.2, 0.25) is 0 Å². The Morgan fingerprint density at radius 3 is 1.90 bits per heavy atom. The van der Waals surface area contributed by atoms with Crippen LogP contribution in [0, 0.1) is 11.8 Å². The molecule has 0 aromatic rings. The Labute approximate surface area is 454 Å². The predicted molar refractivity (Wildman–Crippen MR) is 272 cm³/mol. The lowest BCUT2D eigenvalue weighted by Gasteiger charge is -2.50. The van der Waals surface area contributed by atoms with E-state index in [0.29, 0.717) is 32.1 Å². The molecular formula is C55H92O22. The SMILES string of the molecule is C/C=C(\C)C(=O)O[C@H]1[C@H](O)[C@@H](O)[C@H](O[C@@H]2[C@H]3OC(=O)CCCCCCCCC[C@H](CCCCC)O[C@@H]4O[C@H](C)[C@@H](O)[C@H](O)[C@H]4O[C@@H]4O[C@H](COC)[C@@H](OC(=O)C(C)C)[C@H](O)[C@H]4O[C@H](O[C@H]2C)[C@@H]3OC(=O)C(C)CC)O[C@@H]1C. The molecule has 22 atom stereocenters. The number of unbranched alkanes of at least 4 members (excludes halogenated alkanes) is 2. The number of carbonyl (C=O) groups excluding carboxylic acids is 4. The zero-order valence-corrected chi connectivity index (χ0v) is 47.1. The normalized spacial score (nSPS) is 39.8. The summed E-state index contributed by atoms with van der Waals surface area (Å²) in [5, 5.41) is 58.7. The van der Waals surface area contributed by atoms with Crippen molar-refractivity contribution in [2.24, 2.45) is 11.8 Å². The lowest BCUT2D eigenvalue weighted by atomic mass is 9.95. The molecule has 0 aromatic carbocycles. The second-order valence-corrected chi connectivity index (χ2v) is 21.7. The molecule has 0 aromatic heterocycles. The van der Waals surface area contributed by atoms with Crippen LogP contribution >= 0.6 is 0 Å². The summed E-state index contributed by atoms with van der Waals surface area (Å²) >= 11 is 0. The van der Waals surface area contributed by atoms with Crippen molar-refractivity contribution in [1.29, 1.82) is 0 Å². The zero-order valence-electron chi connectivity index (χ0n) is 47.1. The molecule has 5 N–H and O–H groups in total. The Morgan fingerprint density at radius 2 is 1.25 bits per heavy atom. The maximum Gasteiger partial charge on any atom is 0.333 e. The fourth-order valence-electron chi connectivity index (χ4n) is 9.97. The second-order valence-electron chi connectivity index (χ2n) is 21.7. The average Bonchev–Trinajstić information content (AvgIpc) is 3.41. The summed E-state index contributed by atoms with van der Waals surface area (Å²) in [5.74, 6) is -4.28. The van der Waals surface area contributed by atoms with Crippen molar-refractivity contribution in [2.75, 3.05) is 13.7 Å². The van der Waals surface area contributed by atoms with Gasteiger partial charge in [0.05, 0.1) is 42.9 Å².